The van der Waals surface area contributed by atoms with Crippen molar-refractivity contribution in [3.63, 3.8) is 0 Å². The molecule has 1 aliphatic rings. The first-order valence-corrected chi connectivity index (χ1v) is 25.1. The zero-order valence-electron chi connectivity index (χ0n) is 41.4. The standard InChI is InChI=1S/C64H58N4S.Pt/c1-62(2,3)45-31-33-53-50(37-45)51-38-47(64(7,8)9)39-52(57(51)65-53)60-66-58-48(29-20-30-55(58)68(60)54-34-32-46(63(4,5)6)36-49(54)40-21-13-10-14-22-40)43-27-19-28-44(35-43)61-67-56(41-23-15-11-16-24-41)59(69-61)42-25-17-12-18-26-42;/h10-34,36-39,56,59H,1-9H3;/q-2;+2/t56-,59+;/m0./s1. The molecule has 0 bridgehead atoms. The molecular weight excluding hydrogens is 1050 g/mol. The molecule has 11 rings (SSSR count). The third kappa shape index (κ3) is 8.71. The Kier molecular flexibility index (Phi) is 12.3. The molecule has 0 amide bonds. The summed E-state index contributed by atoms with van der Waals surface area (Å²) in [6, 6.07) is 67.8. The van der Waals surface area contributed by atoms with E-state index in [1.54, 1.807) is 0 Å². The second-order valence-corrected chi connectivity index (χ2v) is 22.9. The first-order valence-electron chi connectivity index (χ1n) is 24.2. The number of benzene rings is 8. The minimum absolute atomic E-state index is 0. The minimum Gasteiger partial charge on any atom is -0.656 e. The second kappa shape index (κ2) is 18.2. The Morgan fingerprint density at radius 1 is 0.529 bits per heavy atom. The van der Waals surface area contributed by atoms with E-state index in [1.165, 1.54) is 33.2 Å². The summed E-state index contributed by atoms with van der Waals surface area (Å²) in [5.41, 5.74) is 17.3. The van der Waals surface area contributed by atoms with Gasteiger partial charge in [-0.05, 0) is 84.7 Å². The van der Waals surface area contributed by atoms with E-state index >= 15 is 0 Å². The van der Waals surface area contributed by atoms with Gasteiger partial charge in [0.15, 0.2) is 0 Å². The molecule has 2 aromatic heterocycles. The predicted octanol–water partition coefficient (Wildman–Crippen LogP) is 17.0. The van der Waals surface area contributed by atoms with Crippen LogP contribution in [0.4, 0.5) is 0 Å². The molecule has 0 aliphatic carbocycles. The summed E-state index contributed by atoms with van der Waals surface area (Å²) in [5, 5.41) is 3.47. The molecule has 4 nitrogen and oxygen atoms in total. The smallest absolute Gasteiger partial charge is 0.656 e. The van der Waals surface area contributed by atoms with E-state index in [2.05, 4.69) is 249 Å². The van der Waals surface area contributed by atoms with Crippen molar-refractivity contribution >= 4 is 49.6 Å². The van der Waals surface area contributed by atoms with Gasteiger partial charge >= 0.3 is 21.1 Å². The van der Waals surface area contributed by atoms with Gasteiger partial charge in [0.1, 0.15) is 5.82 Å². The van der Waals surface area contributed by atoms with Crippen LogP contribution in [-0.2, 0) is 37.3 Å². The van der Waals surface area contributed by atoms with E-state index in [1.807, 2.05) is 11.8 Å². The van der Waals surface area contributed by atoms with Gasteiger partial charge in [-0.15, -0.1) is 52.6 Å². The Morgan fingerprint density at radius 3 is 1.80 bits per heavy atom. The zero-order chi connectivity index (χ0) is 47.8. The Labute approximate surface area is 432 Å². The van der Waals surface area contributed by atoms with Gasteiger partial charge in [0.2, 0.25) is 0 Å². The summed E-state index contributed by atoms with van der Waals surface area (Å²) < 4.78 is 2.41. The maximum absolute atomic E-state index is 5.84. The number of nitrogens with zero attached hydrogens (tertiary/aromatic N) is 4. The third-order valence-corrected chi connectivity index (χ3v) is 15.2. The van der Waals surface area contributed by atoms with Crippen LogP contribution >= 0.6 is 11.8 Å². The first-order chi connectivity index (χ1) is 33.1. The molecule has 6 heteroatoms. The van der Waals surface area contributed by atoms with Crippen molar-refractivity contribution in [2.45, 2.75) is 89.9 Å². The average molecular weight is 1110 g/mol. The Hall–Kier alpha value is -6.26. The summed E-state index contributed by atoms with van der Waals surface area (Å²) in [7, 11) is 0. The topological polar surface area (TPSA) is 44.3 Å². The van der Waals surface area contributed by atoms with Gasteiger partial charge in [-0.1, -0.05) is 207 Å². The summed E-state index contributed by atoms with van der Waals surface area (Å²) >= 11 is 1.83. The van der Waals surface area contributed by atoms with Crippen molar-refractivity contribution in [3.8, 4) is 39.3 Å². The summed E-state index contributed by atoms with van der Waals surface area (Å²) in [6.45, 7) is 20.6. The van der Waals surface area contributed by atoms with Gasteiger partial charge in [-0.25, -0.2) is 4.98 Å². The van der Waals surface area contributed by atoms with Gasteiger partial charge in [-0.3, -0.25) is 4.57 Å². The number of aliphatic imine (C=N–C) groups is 1. The molecule has 3 heterocycles. The van der Waals surface area contributed by atoms with Crippen LogP contribution in [0.1, 0.15) is 107 Å². The van der Waals surface area contributed by atoms with Crippen LogP contribution in [0.25, 0.3) is 72.2 Å². The van der Waals surface area contributed by atoms with Crippen LogP contribution in [0.3, 0.4) is 0 Å². The summed E-state index contributed by atoms with van der Waals surface area (Å²) in [6.07, 6.45) is 0. The quantitative estimate of drug-likeness (QED) is 0.149. The molecule has 70 heavy (non-hydrogen) atoms. The number of fused-ring (bicyclic) bond motifs is 4. The molecule has 0 spiro atoms. The van der Waals surface area contributed by atoms with Crippen LogP contribution in [0.5, 0.6) is 0 Å². The third-order valence-electron chi connectivity index (χ3n) is 13.8. The number of hydrogen-bond donors (Lipinski definition) is 0. The van der Waals surface area contributed by atoms with E-state index in [4.69, 9.17) is 15.0 Å². The molecule has 0 unspecified atom stereocenters. The molecule has 0 fully saturated rings. The SMILES string of the molecule is CC(C)(C)c1ccc(-n2c(-c3cc(C(C)(C)C)cc4c3[n-]c3ccc(C(C)(C)C)cc34)nc3c(-c4[c-]c(C5=N[C@@H](c6ccccc6)[C@@H](c6ccccc6)S5)ccc4)cccc32)c(-c2ccccc2)c1.[Pt+2]. The van der Waals surface area contributed by atoms with E-state index in [0.29, 0.717) is 0 Å². The van der Waals surface area contributed by atoms with Crippen LogP contribution in [0, 0.1) is 6.07 Å². The Bertz CT molecular complexity index is 3580. The number of thioether (sulfide) groups is 1. The molecular formula is C64H58N4PtS. The van der Waals surface area contributed by atoms with E-state index in [0.717, 1.165) is 77.4 Å². The van der Waals surface area contributed by atoms with Crippen molar-refractivity contribution in [1.29, 1.82) is 0 Å². The molecule has 1 aliphatic heterocycles. The van der Waals surface area contributed by atoms with Crippen molar-refractivity contribution in [2.24, 2.45) is 4.99 Å². The van der Waals surface area contributed by atoms with Crippen molar-refractivity contribution < 1.29 is 21.1 Å². The fourth-order valence-electron chi connectivity index (χ4n) is 9.87. The zero-order valence-corrected chi connectivity index (χ0v) is 44.5. The van der Waals surface area contributed by atoms with Crippen molar-refractivity contribution in [2.75, 3.05) is 0 Å². The van der Waals surface area contributed by atoms with Gasteiger partial charge in [-0.2, -0.15) is 0 Å². The average Bonchev–Trinajstić information content (AvgIpc) is 4.08. The van der Waals surface area contributed by atoms with Gasteiger partial charge < -0.3 is 9.98 Å². The van der Waals surface area contributed by atoms with Gasteiger partial charge in [0.05, 0.1) is 28.0 Å². The molecule has 0 N–H and O–H groups in total. The number of para-hydroxylation sites is 1. The van der Waals surface area contributed by atoms with Crippen LogP contribution in [0.2, 0.25) is 0 Å². The molecule has 2 atom stereocenters. The van der Waals surface area contributed by atoms with Crippen molar-refractivity contribution in [3.05, 3.63) is 215 Å². The van der Waals surface area contributed by atoms with Crippen LogP contribution in [0.15, 0.2) is 181 Å². The number of hydrogen-bond acceptors (Lipinski definition) is 3. The number of imidazole rings is 1. The van der Waals surface area contributed by atoms with Crippen LogP contribution in [-0.4, -0.2) is 14.6 Å². The predicted molar refractivity (Wildman–Crippen MR) is 293 cm³/mol. The van der Waals surface area contributed by atoms with E-state index in [-0.39, 0.29) is 48.6 Å². The van der Waals surface area contributed by atoms with E-state index < -0.39 is 0 Å². The fraction of sp³-hybridized carbons (Fsp3) is 0.219. The Morgan fingerprint density at radius 2 is 1.11 bits per heavy atom. The second-order valence-electron chi connectivity index (χ2n) is 21.8. The monoisotopic (exact) mass is 1110 g/mol. The number of aromatic nitrogens is 3. The van der Waals surface area contributed by atoms with Gasteiger partial charge in [0.25, 0.3) is 0 Å². The molecule has 8 aromatic carbocycles. The van der Waals surface area contributed by atoms with Gasteiger partial charge in [0, 0.05) is 16.2 Å². The first kappa shape index (κ1) is 47.4. The van der Waals surface area contributed by atoms with Crippen molar-refractivity contribution in [1.82, 2.24) is 14.5 Å². The normalized spacial score (nSPS) is 15.4. The minimum atomic E-state index is -0.144. The Balaban J connectivity index is 0.00000567. The molecule has 10 aromatic rings. The summed E-state index contributed by atoms with van der Waals surface area (Å²) in [5.74, 6) is 0.858. The maximum atomic E-state index is 5.84. The molecule has 0 saturated carbocycles. The van der Waals surface area contributed by atoms with E-state index in [9.17, 15) is 0 Å². The molecule has 350 valence electrons. The fourth-order valence-corrected chi connectivity index (χ4v) is 11.2. The maximum Gasteiger partial charge on any atom is 2.00 e. The molecule has 0 radical (unpaired) electrons. The van der Waals surface area contributed by atoms with Crippen LogP contribution < -0.4 is 4.98 Å². The summed E-state index contributed by atoms with van der Waals surface area (Å²) in [4.78, 5) is 16.8. The largest absolute Gasteiger partial charge is 2.00 e. The molecule has 0 saturated heterocycles. The number of rotatable bonds is 7.